The molecule has 0 spiro atoms. The van der Waals surface area contributed by atoms with Gasteiger partial charge in [0.05, 0.1) is 0 Å². The summed E-state index contributed by atoms with van der Waals surface area (Å²) in [5.74, 6) is 0.888. The van der Waals surface area contributed by atoms with Gasteiger partial charge in [-0.2, -0.15) is 0 Å². The van der Waals surface area contributed by atoms with Gasteiger partial charge < -0.3 is 5.73 Å². The van der Waals surface area contributed by atoms with Crippen molar-refractivity contribution >= 4 is 0 Å². The van der Waals surface area contributed by atoms with Crippen LogP contribution in [0.15, 0.2) is 0 Å². The molecule has 0 aromatic heterocycles. The first-order valence-corrected chi connectivity index (χ1v) is 4.96. The summed E-state index contributed by atoms with van der Waals surface area (Å²) in [6, 6.07) is 0.444. The van der Waals surface area contributed by atoms with E-state index in [4.69, 9.17) is 5.73 Å². The van der Waals surface area contributed by atoms with Gasteiger partial charge in [-0.1, -0.05) is 40.0 Å². The molecular weight excluding hydrogens is 134 g/mol. The number of rotatable bonds is 6. The Kier molecular flexibility index (Phi) is 6.63. The maximum Gasteiger partial charge on any atom is 0.00362 e. The van der Waals surface area contributed by atoms with E-state index in [1.54, 1.807) is 0 Å². The van der Waals surface area contributed by atoms with Gasteiger partial charge in [-0.3, -0.25) is 0 Å². The van der Waals surface area contributed by atoms with Gasteiger partial charge in [0.15, 0.2) is 0 Å². The Balaban J connectivity index is 3.13. The van der Waals surface area contributed by atoms with E-state index >= 15 is 0 Å². The van der Waals surface area contributed by atoms with Gasteiger partial charge in [-0.15, -0.1) is 0 Å². The van der Waals surface area contributed by atoms with Crippen LogP contribution in [0.3, 0.4) is 0 Å². The summed E-state index contributed by atoms with van der Waals surface area (Å²) in [6.45, 7) is 6.73. The summed E-state index contributed by atoms with van der Waals surface area (Å²) in [7, 11) is 0. The van der Waals surface area contributed by atoms with Crippen LogP contribution >= 0.6 is 0 Å². The zero-order chi connectivity index (χ0) is 8.69. The molecule has 68 valence electrons. The highest BCUT2D eigenvalue weighted by Crippen LogP contribution is 2.12. The topological polar surface area (TPSA) is 26.0 Å². The third-order valence-electron chi connectivity index (χ3n) is 2.49. The molecule has 0 fully saturated rings. The van der Waals surface area contributed by atoms with Crippen molar-refractivity contribution in [2.24, 2.45) is 11.7 Å². The van der Waals surface area contributed by atoms with Crippen LogP contribution in [0.25, 0.3) is 0 Å². The van der Waals surface area contributed by atoms with E-state index in [1.807, 2.05) is 0 Å². The van der Waals surface area contributed by atoms with Crippen LogP contribution in [0.4, 0.5) is 0 Å². The van der Waals surface area contributed by atoms with Crippen LogP contribution in [-0.4, -0.2) is 6.04 Å². The minimum absolute atomic E-state index is 0.444. The molecule has 0 rings (SSSR count). The molecule has 0 bridgehead atoms. The smallest absolute Gasteiger partial charge is 0.00362 e. The first-order valence-electron chi connectivity index (χ1n) is 4.96. The van der Waals surface area contributed by atoms with Crippen LogP contribution in [0.5, 0.6) is 0 Å². The van der Waals surface area contributed by atoms with Crippen LogP contribution in [0, 0.1) is 5.92 Å². The quantitative estimate of drug-likeness (QED) is 0.630. The van der Waals surface area contributed by atoms with Crippen molar-refractivity contribution in [2.45, 2.75) is 58.9 Å². The fourth-order valence-corrected chi connectivity index (χ4v) is 1.14. The highest BCUT2D eigenvalue weighted by Gasteiger charge is 2.01. The lowest BCUT2D eigenvalue weighted by atomic mass is 9.99. The Morgan fingerprint density at radius 2 is 1.73 bits per heavy atom. The van der Waals surface area contributed by atoms with Gasteiger partial charge in [0.2, 0.25) is 0 Å². The Morgan fingerprint density at radius 1 is 1.09 bits per heavy atom. The predicted octanol–water partition coefficient (Wildman–Crippen LogP) is 2.94. The van der Waals surface area contributed by atoms with Gasteiger partial charge in [0.1, 0.15) is 0 Å². The molecule has 0 aromatic rings. The van der Waals surface area contributed by atoms with E-state index < -0.39 is 0 Å². The van der Waals surface area contributed by atoms with E-state index in [0.717, 1.165) is 12.3 Å². The van der Waals surface area contributed by atoms with Crippen molar-refractivity contribution in [1.82, 2.24) is 0 Å². The van der Waals surface area contributed by atoms with Crippen molar-refractivity contribution in [1.29, 1.82) is 0 Å². The van der Waals surface area contributed by atoms with E-state index in [2.05, 4.69) is 20.8 Å². The monoisotopic (exact) mass is 157 g/mol. The molecule has 0 saturated carbocycles. The third-order valence-corrected chi connectivity index (χ3v) is 2.49. The van der Waals surface area contributed by atoms with E-state index in [0.29, 0.717) is 6.04 Å². The van der Waals surface area contributed by atoms with Crippen LogP contribution in [0.2, 0.25) is 0 Å². The molecule has 0 aliphatic rings. The molecule has 0 amide bonds. The van der Waals surface area contributed by atoms with Crippen molar-refractivity contribution in [3.63, 3.8) is 0 Å². The molecule has 0 aliphatic heterocycles. The molecule has 0 aromatic carbocycles. The zero-order valence-electron chi connectivity index (χ0n) is 8.27. The third kappa shape index (κ3) is 6.36. The van der Waals surface area contributed by atoms with Gasteiger partial charge in [-0.05, 0) is 18.8 Å². The Labute approximate surface area is 71.4 Å². The summed E-state index contributed by atoms with van der Waals surface area (Å²) in [6.07, 6.45) is 6.30. The van der Waals surface area contributed by atoms with E-state index in [9.17, 15) is 0 Å². The van der Waals surface area contributed by atoms with Gasteiger partial charge >= 0.3 is 0 Å². The van der Waals surface area contributed by atoms with Crippen LogP contribution < -0.4 is 5.73 Å². The van der Waals surface area contributed by atoms with Crippen molar-refractivity contribution in [2.75, 3.05) is 0 Å². The molecule has 11 heavy (non-hydrogen) atoms. The lowest BCUT2D eigenvalue weighted by Gasteiger charge is -2.10. The van der Waals surface area contributed by atoms with Crippen molar-refractivity contribution < 1.29 is 0 Å². The SMILES string of the molecule is CCC(C)CCCC(N)CC. The fourth-order valence-electron chi connectivity index (χ4n) is 1.14. The predicted molar refractivity (Wildman–Crippen MR) is 51.6 cm³/mol. The number of nitrogens with two attached hydrogens (primary N) is 1. The summed E-state index contributed by atoms with van der Waals surface area (Å²) >= 11 is 0. The lowest BCUT2D eigenvalue weighted by molar-refractivity contribution is 0.457. The lowest BCUT2D eigenvalue weighted by Crippen LogP contribution is -2.18. The highest BCUT2D eigenvalue weighted by molar-refractivity contribution is 4.59. The highest BCUT2D eigenvalue weighted by atomic mass is 14.6. The standard InChI is InChI=1S/C10H23N/c1-4-9(3)7-6-8-10(11)5-2/h9-10H,4-8,11H2,1-3H3. The summed E-state index contributed by atoms with van der Waals surface area (Å²) in [5.41, 5.74) is 5.80. The Bertz CT molecular complexity index is 70.9. The second-order valence-corrected chi connectivity index (χ2v) is 3.61. The van der Waals surface area contributed by atoms with Gasteiger partial charge in [0, 0.05) is 6.04 Å². The molecule has 2 N–H and O–H groups in total. The fraction of sp³-hybridized carbons (Fsp3) is 1.00. The maximum absolute atomic E-state index is 5.80. The molecule has 0 heterocycles. The Hall–Kier alpha value is -0.0400. The Morgan fingerprint density at radius 3 is 2.18 bits per heavy atom. The van der Waals surface area contributed by atoms with E-state index in [-0.39, 0.29) is 0 Å². The van der Waals surface area contributed by atoms with E-state index in [1.165, 1.54) is 25.7 Å². The molecule has 0 saturated heterocycles. The van der Waals surface area contributed by atoms with Gasteiger partial charge in [0.25, 0.3) is 0 Å². The molecule has 1 nitrogen and oxygen atoms in total. The number of hydrogen-bond acceptors (Lipinski definition) is 1. The average molecular weight is 157 g/mol. The first-order chi connectivity index (χ1) is 5.20. The molecule has 0 aliphatic carbocycles. The molecule has 0 radical (unpaired) electrons. The first kappa shape index (κ1) is 11.0. The minimum atomic E-state index is 0.444. The second-order valence-electron chi connectivity index (χ2n) is 3.61. The van der Waals surface area contributed by atoms with Crippen LogP contribution in [-0.2, 0) is 0 Å². The summed E-state index contributed by atoms with van der Waals surface area (Å²) < 4.78 is 0. The van der Waals surface area contributed by atoms with Crippen molar-refractivity contribution in [3.8, 4) is 0 Å². The second kappa shape index (κ2) is 6.66. The van der Waals surface area contributed by atoms with Gasteiger partial charge in [-0.25, -0.2) is 0 Å². The normalized spacial score (nSPS) is 16.4. The average Bonchev–Trinajstić information content (AvgIpc) is 2.04. The number of hydrogen-bond donors (Lipinski definition) is 1. The zero-order valence-corrected chi connectivity index (χ0v) is 8.27. The molecule has 2 atom stereocenters. The van der Waals surface area contributed by atoms with Crippen LogP contribution in [0.1, 0.15) is 52.9 Å². The largest absolute Gasteiger partial charge is 0.328 e. The summed E-state index contributed by atoms with van der Waals surface area (Å²) in [4.78, 5) is 0. The molecular formula is C10H23N. The summed E-state index contributed by atoms with van der Waals surface area (Å²) in [5, 5.41) is 0. The molecule has 1 heteroatoms. The van der Waals surface area contributed by atoms with Crippen molar-refractivity contribution in [3.05, 3.63) is 0 Å². The molecule has 2 unspecified atom stereocenters. The minimum Gasteiger partial charge on any atom is -0.328 e. The maximum atomic E-state index is 5.80.